The molecule has 0 aliphatic rings. The highest BCUT2D eigenvalue weighted by molar-refractivity contribution is 7.48. The normalized spacial score (nSPS) is 13.7. The smallest absolute Gasteiger partial charge is 0.458 e. The molecule has 53 heavy (non-hydrogen) atoms. The van der Waals surface area contributed by atoms with Gasteiger partial charge in [0.25, 0.3) is 0 Å². The number of hydrogen-bond acceptors (Lipinski definition) is 9. The zero-order valence-corrected chi connectivity index (χ0v) is 35.7. The molecular formula is C43H84NO8P. The van der Waals surface area contributed by atoms with Gasteiger partial charge in [-0.3, -0.25) is 23.2 Å². The Kier molecular flexibility index (Phi) is 38.1. The maximum atomic E-state index is 13.2. The van der Waals surface area contributed by atoms with Gasteiger partial charge in [0, 0.05) is 25.8 Å². The molecule has 0 fully saturated rings. The van der Waals surface area contributed by atoms with Crippen LogP contribution < -0.4 is 5.73 Å². The third-order valence-corrected chi connectivity index (χ3v) is 11.1. The summed E-state index contributed by atoms with van der Waals surface area (Å²) in [5, 5.41) is 0. The molecule has 0 spiro atoms. The standard InChI is InChI=1S/C43H84NO8P/c1-5-9-12-15-18-21-22-25-28-31-34-43(46)52-41(35-38-49-53(47,48-37-8-4)50-39-36-44)40(32-29-26-23-19-16-13-10-6-2)51-42(45)33-30-27-24-20-17-14-11-7-3/h8,40-41H,4-7,9-39,44H2,1-3H3/t40?,41-,53?/m1/s1. The predicted octanol–water partition coefficient (Wildman–Crippen LogP) is 12.9. The van der Waals surface area contributed by atoms with Crippen LogP contribution in [0, 0.1) is 0 Å². The van der Waals surface area contributed by atoms with Gasteiger partial charge in [0.05, 0.1) is 19.8 Å². The van der Waals surface area contributed by atoms with E-state index in [9.17, 15) is 14.2 Å². The molecule has 0 radical (unpaired) electrons. The molecule has 0 aromatic rings. The highest BCUT2D eigenvalue weighted by Gasteiger charge is 2.31. The fraction of sp³-hybridized carbons (Fsp3) is 0.907. The Morgan fingerprint density at radius 1 is 0.528 bits per heavy atom. The number of carbonyl (C=O) groups is 2. The lowest BCUT2D eigenvalue weighted by Crippen LogP contribution is -2.36. The number of esters is 2. The fourth-order valence-electron chi connectivity index (χ4n) is 6.44. The summed E-state index contributed by atoms with van der Waals surface area (Å²) in [6.07, 6.45) is 31.7. The topological polar surface area (TPSA) is 123 Å². The minimum atomic E-state index is -3.91. The molecule has 10 heteroatoms. The van der Waals surface area contributed by atoms with Crippen LogP contribution in [-0.4, -0.2) is 50.5 Å². The van der Waals surface area contributed by atoms with E-state index in [2.05, 4.69) is 27.4 Å². The Balaban J connectivity index is 5.47. The number of phosphoric acid groups is 1. The van der Waals surface area contributed by atoms with Crippen molar-refractivity contribution in [2.75, 3.05) is 26.4 Å². The highest BCUT2D eigenvalue weighted by atomic mass is 31.2. The van der Waals surface area contributed by atoms with E-state index >= 15 is 0 Å². The second-order valence-corrected chi connectivity index (χ2v) is 16.4. The van der Waals surface area contributed by atoms with Gasteiger partial charge in [0.15, 0.2) is 0 Å². The summed E-state index contributed by atoms with van der Waals surface area (Å²) in [5.41, 5.74) is 5.57. The van der Waals surface area contributed by atoms with Gasteiger partial charge in [-0.1, -0.05) is 175 Å². The molecule has 0 bridgehead atoms. The van der Waals surface area contributed by atoms with Gasteiger partial charge in [-0.25, -0.2) is 4.57 Å². The largest absolute Gasteiger partial charge is 0.475 e. The number of nitrogens with two attached hydrogens (primary N) is 1. The first kappa shape index (κ1) is 51.8. The number of phosphoric ester groups is 1. The first-order valence-corrected chi connectivity index (χ1v) is 23.5. The highest BCUT2D eigenvalue weighted by Crippen LogP contribution is 2.49. The zero-order valence-electron chi connectivity index (χ0n) is 34.8. The molecule has 0 amide bonds. The van der Waals surface area contributed by atoms with Crippen molar-refractivity contribution in [2.24, 2.45) is 5.73 Å². The molecule has 0 aliphatic carbocycles. The van der Waals surface area contributed by atoms with Crippen LogP contribution in [0.3, 0.4) is 0 Å². The lowest BCUT2D eigenvalue weighted by molar-refractivity contribution is -0.170. The van der Waals surface area contributed by atoms with Crippen molar-refractivity contribution < 1.29 is 37.2 Å². The Labute approximate surface area is 326 Å². The Morgan fingerprint density at radius 3 is 1.28 bits per heavy atom. The summed E-state index contributed by atoms with van der Waals surface area (Å²) >= 11 is 0. The molecule has 0 aromatic heterocycles. The molecule has 0 aliphatic heterocycles. The molecule has 314 valence electrons. The number of ether oxygens (including phenoxy) is 2. The third kappa shape index (κ3) is 33.8. The van der Waals surface area contributed by atoms with Gasteiger partial charge in [-0.2, -0.15) is 0 Å². The molecule has 9 nitrogen and oxygen atoms in total. The lowest BCUT2D eigenvalue weighted by atomic mass is 10.0. The van der Waals surface area contributed by atoms with Crippen LogP contribution in [0.5, 0.6) is 0 Å². The minimum absolute atomic E-state index is 0.00309. The average Bonchev–Trinajstić information content (AvgIpc) is 3.15. The summed E-state index contributed by atoms with van der Waals surface area (Å²) in [6.45, 7) is 10.4. The Morgan fingerprint density at radius 2 is 0.887 bits per heavy atom. The molecule has 0 heterocycles. The average molecular weight is 774 g/mol. The molecule has 2 unspecified atom stereocenters. The number of hydrogen-bond donors (Lipinski definition) is 1. The first-order valence-electron chi connectivity index (χ1n) is 22.1. The molecule has 0 saturated heterocycles. The molecule has 2 N–H and O–H groups in total. The van der Waals surface area contributed by atoms with E-state index < -0.39 is 20.0 Å². The maximum Gasteiger partial charge on any atom is 0.475 e. The first-order chi connectivity index (χ1) is 25.9. The van der Waals surface area contributed by atoms with Crippen molar-refractivity contribution in [1.82, 2.24) is 0 Å². The number of carbonyl (C=O) groups excluding carboxylic acids is 2. The zero-order chi connectivity index (χ0) is 39.1. The van der Waals surface area contributed by atoms with Crippen molar-refractivity contribution in [1.29, 1.82) is 0 Å². The molecular weight excluding hydrogens is 689 g/mol. The van der Waals surface area contributed by atoms with E-state index in [-0.39, 0.29) is 44.7 Å². The van der Waals surface area contributed by atoms with Crippen LogP contribution in [0.15, 0.2) is 12.7 Å². The maximum absolute atomic E-state index is 13.2. The van der Waals surface area contributed by atoms with Crippen molar-refractivity contribution in [3.63, 3.8) is 0 Å². The minimum Gasteiger partial charge on any atom is -0.458 e. The van der Waals surface area contributed by atoms with Gasteiger partial charge in [0.2, 0.25) is 0 Å². The van der Waals surface area contributed by atoms with Crippen LogP contribution in [0.4, 0.5) is 0 Å². The van der Waals surface area contributed by atoms with Crippen molar-refractivity contribution >= 4 is 19.8 Å². The number of unbranched alkanes of at least 4 members (excludes halogenated alkanes) is 23. The van der Waals surface area contributed by atoms with E-state index in [1.54, 1.807) is 0 Å². The van der Waals surface area contributed by atoms with E-state index in [1.165, 1.54) is 115 Å². The second kappa shape index (κ2) is 39.0. The molecule has 0 saturated carbocycles. The van der Waals surface area contributed by atoms with Crippen LogP contribution >= 0.6 is 7.82 Å². The van der Waals surface area contributed by atoms with Gasteiger partial charge < -0.3 is 15.2 Å². The SMILES string of the molecule is C=CCOP(=O)(OCCN)OCC[C@@H](OC(=O)CCCCCCCCCCCC)C(CCCCCCCCCC)OC(=O)CCCCCCCCCC. The van der Waals surface area contributed by atoms with Crippen LogP contribution in [0.25, 0.3) is 0 Å². The van der Waals surface area contributed by atoms with Gasteiger partial charge in [0.1, 0.15) is 12.2 Å². The Hall–Kier alpha value is -1.25. The second-order valence-electron chi connectivity index (χ2n) is 14.8. The van der Waals surface area contributed by atoms with Crippen LogP contribution in [0.1, 0.15) is 213 Å². The summed E-state index contributed by atoms with van der Waals surface area (Å²) in [7, 11) is -3.91. The Bertz CT molecular complexity index is 888. The monoisotopic (exact) mass is 774 g/mol. The third-order valence-electron chi connectivity index (χ3n) is 9.66. The summed E-state index contributed by atoms with van der Waals surface area (Å²) < 4.78 is 41.8. The van der Waals surface area contributed by atoms with Gasteiger partial charge in [-0.15, -0.1) is 6.58 Å². The van der Waals surface area contributed by atoms with Crippen molar-refractivity contribution in [3.05, 3.63) is 12.7 Å². The van der Waals surface area contributed by atoms with Crippen molar-refractivity contribution in [2.45, 2.75) is 226 Å². The van der Waals surface area contributed by atoms with E-state index in [4.69, 9.17) is 28.8 Å². The van der Waals surface area contributed by atoms with Gasteiger partial charge >= 0.3 is 19.8 Å². The predicted molar refractivity (Wildman–Crippen MR) is 220 cm³/mol. The van der Waals surface area contributed by atoms with E-state index in [0.717, 1.165) is 57.8 Å². The quantitative estimate of drug-likeness (QED) is 0.0279. The van der Waals surface area contributed by atoms with Crippen molar-refractivity contribution in [3.8, 4) is 0 Å². The summed E-state index contributed by atoms with van der Waals surface area (Å²) in [5.74, 6) is -0.566. The fourth-order valence-corrected chi connectivity index (χ4v) is 7.61. The van der Waals surface area contributed by atoms with Crippen LogP contribution in [0.2, 0.25) is 0 Å². The molecule has 0 rings (SSSR count). The summed E-state index contributed by atoms with van der Waals surface area (Å²) in [4.78, 5) is 26.4. The molecule has 0 aromatic carbocycles. The van der Waals surface area contributed by atoms with Gasteiger partial charge in [-0.05, 0) is 25.7 Å². The number of rotatable bonds is 42. The molecule has 3 atom stereocenters. The summed E-state index contributed by atoms with van der Waals surface area (Å²) in [6, 6.07) is 0. The van der Waals surface area contributed by atoms with E-state index in [0.29, 0.717) is 19.3 Å². The lowest BCUT2D eigenvalue weighted by Gasteiger charge is -2.28. The van der Waals surface area contributed by atoms with E-state index in [1.807, 2.05) is 0 Å². The van der Waals surface area contributed by atoms with Crippen LogP contribution in [-0.2, 0) is 37.2 Å².